The van der Waals surface area contributed by atoms with Gasteiger partial charge in [-0.15, -0.1) is 11.8 Å². The van der Waals surface area contributed by atoms with E-state index in [1.807, 2.05) is 19.1 Å². The maximum atomic E-state index is 12.6. The highest BCUT2D eigenvalue weighted by molar-refractivity contribution is 8.01. The number of anilines is 2. The quantitative estimate of drug-likeness (QED) is 0.749. The molecule has 2 N–H and O–H groups in total. The minimum absolute atomic E-state index is 0.0989. The van der Waals surface area contributed by atoms with Crippen molar-refractivity contribution in [2.45, 2.75) is 41.7 Å². The van der Waals surface area contributed by atoms with E-state index < -0.39 is 9.84 Å². The normalized spacial score (nSPS) is 16.2. The van der Waals surface area contributed by atoms with E-state index in [4.69, 9.17) is 0 Å². The summed E-state index contributed by atoms with van der Waals surface area (Å²) in [6.45, 7) is 3.84. The number of aryl methyl sites for hydroxylation is 1. The number of hydrogen-bond donors (Lipinski definition) is 2. The maximum Gasteiger partial charge on any atom is 0.237 e. The van der Waals surface area contributed by atoms with Crippen LogP contribution in [-0.2, 0) is 25.8 Å². The van der Waals surface area contributed by atoms with Crippen LogP contribution >= 0.6 is 11.8 Å². The van der Waals surface area contributed by atoms with Crippen molar-refractivity contribution in [1.82, 2.24) is 0 Å². The van der Waals surface area contributed by atoms with Crippen LogP contribution in [0.4, 0.5) is 11.4 Å². The third-order valence-electron chi connectivity index (χ3n) is 4.48. The fourth-order valence-electron chi connectivity index (χ4n) is 2.77. The fraction of sp³-hybridized carbons (Fsp3) is 0.300. The van der Waals surface area contributed by atoms with Crippen molar-refractivity contribution >= 4 is 44.8 Å². The Labute approximate surface area is 169 Å². The number of nitrogens with one attached hydrogen (secondary N) is 2. The van der Waals surface area contributed by atoms with Gasteiger partial charge >= 0.3 is 0 Å². The SMILES string of the molecule is CCc1ccc(NC(=O)CCS(=O)(=O)c2ccc3c(c2)NC(=O)[C@@H](C)S3)cc1. The molecular weight excluding hydrogens is 396 g/mol. The number of amides is 2. The zero-order valence-corrected chi connectivity index (χ0v) is 17.3. The molecule has 0 aliphatic carbocycles. The van der Waals surface area contributed by atoms with Crippen LogP contribution in [0.25, 0.3) is 0 Å². The zero-order valence-electron chi connectivity index (χ0n) is 15.7. The van der Waals surface area contributed by atoms with Gasteiger partial charge in [-0.05, 0) is 49.2 Å². The molecule has 2 aromatic carbocycles. The topological polar surface area (TPSA) is 92.3 Å². The number of rotatable bonds is 6. The molecule has 8 heteroatoms. The van der Waals surface area contributed by atoms with E-state index in [2.05, 4.69) is 10.6 Å². The van der Waals surface area contributed by atoms with Gasteiger partial charge in [0, 0.05) is 17.0 Å². The second-order valence-electron chi connectivity index (χ2n) is 6.57. The molecule has 3 rings (SSSR count). The van der Waals surface area contributed by atoms with Gasteiger partial charge in [-0.2, -0.15) is 0 Å². The van der Waals surface area contributed by atoms with Crippen molar-refractivity contribution in [2.75, 3.05) is 16.4 Å². The van der Waals surface area contributed by atoms with Crippen LogP contribution in [0, 0.1) is 0 Å². The molecule has 6 nitrogen and oxygen atoms in total. The van der Waals surface area contributed by atoms with E-state index in [1.54, 1.807) is 25.1 Å². The Hall–Kier alpha value is -2.32. The average molecular weight is 419 g/mol. The van der Waals surface area contributed by atoms with E-state index in [1.165, 1.54) is 23.9 Å². The summed E-state index contributed by atoms with van der Waals surface area (Å²) < 4.78 is 25.2. The second kappa shape index (κ2) is 8.36. The Morgan fingerprint density at radius 3 is 2.57 bits per heavy atom. The van der Waals surface area contributed by atoms with Crippen LogP contribution in [0.2, 0.25) is 0 Å². The van der Waals surface area contributed by atoms with Crippen LogP contribution in [0.3, 0.4) is 0 Å². The maximum absolute atomic E-state index is 12.6. The van der Waals surface area contributed by atoms with Gasteiger partial charge in [0.1, 0.15) is 0 Å². The minimum atomic E-state index is -3.64. The molecule has 28 heavy (non-hydrogen) atoms. The first-order valence-electron chi connectivity index (χ1n) is 9.01. The van der Waals surface area contributed by atoms with Gasteiger partial charge in [-0.1, -0.05) is 19.1 Å². The smallest absolute Gasteiger partial charge is 0.237 e. The van der Waals surface area contributed by atoms with Gasteiger partial charge < -0.3 is 10.6 Å². The standard InChI is InChI=1S/C20H22N2O4S2/c1-3-14-4-6-15(7-5-14)21-19(23)10-11-28(25,26)16-8-9-18-17(12-16)22-20(24)13(2)27-18/h4-9,12-13H,3,10-11H2,1-2H3,(H,21,23)(H,22,24)/t13-/m1/s1. The first-order valence-corrected chi connectivity index (χ1v) is 11.5. The first-order chi connectivity index (χ1) is 13.3. The summed E-state index contributed by atoms with van der Waals surface area (Å²) >= 11 is 1.39. The monoisotopic (exact) mass is 418 g/mol. The van der Waals surface area contributed by atoms with Crippen LogP contribution in [0.15, 0.2) is 52.3 Å². The number of thioether (sulfide) groups is 1. The second-order valence-corrected chi connectivity index (χ2v) is 10.1. The molecule has 0 saturated carbocycles. The number of benzene rings is 2. The van der Waals surface area contributed by atoms with Crippen LogP contribution < -0.4 is 10.6 Å². The van der Waals surface area contributed by atoms with Gasteiger partial charge in [0.05, 0.1) is 21.6 Å². The Kier molecular flexibility index (Phi) is 6.10. The molecule has 0 spiro atoms. The molecule has 0 bridgehead atoms. The lowest BCUT2D eigenvalue weighted by Crippen LogP contribution is -2.26. The van der Waals surface area contributed by atoms with Crippen molar-refractivity contribution < 1.29 is 18.0 Å². The molecule has 1 aliphatic rings. The average Bonchev–Trinajstić information content (AvgIpc) is 2.67. The van der Waals surface area contributed by atoms with Crippen molar-refractivity contribution in [3.63, 3.8) is 0 Å². The summed E-state index contributed by atoms with van der Waals surface area (Å²) in [5, 5.41) is 5.22. The van der Waals surface area contributed by atoms with Gasteiger partial charge in [-0.25, -0.2) is 8.42 Å². The van der Waals surface area contributed by atoms with E-state index >= 15 is 0 Å². The highest BCUT2D eigenvalue weighted by Crippen LogP contribution is 2.36. The van der Waals surface area contributed by atoms with Crippen LogP contribution in [0.1, 0.15) is 25.8 Å². The fourth-order valence-corrected chi connectivity index (χ4v) is 4.97. The molecule has 148 valence electrons. The molecule has 0 radical (unpaired) electrons. The van der Waals surface area contributed by atoms with Gasteiger partial charge in [0.15, 0.2) is 9.84 Å². The number of carbonyl (C=O) groups excluding carboxylic acids is 2. The predicted molar refractivity (Wildman–Crippen MR) is 112 cm³/mol. The van der Waals surface area contributed by atoms with E-state index in [9.17, 15) is 18.0 Å². The van der Waals surface area contributed by atoms with Crippen LogP contribution in [0.5, 0.6) is 0 Å². The number of sulfone groups is 1. The highest BCUT2D eigenvalue weighted by atomic mass is 32.2. The zero-order chi connectivity index (χ0) is 20.3. The molecular formula is C20H22N2O4S2. The number of carbonyl (C=O) groups is 2. The lowest BCUT2D eigenvalue weighted by molar-refractivity contribution is -0.116. The summed E-state index contributed by atoms with van der Waals surface area (Å²) in [6.07, 6.45) is 0.762. The van der Waals surface area contributed by atoms with Crippen molar-refractivity contribution in [3.05, 3.63) is 48.0 Å². The number of fused-ring (bicyclic) bond motifs is 1. The van der Waals surface area contributed by atoms with Crippen molar-refractivity contribution in [2.24, 2.45) is 0 Å². The van der Waals surface area contributed by atoms with Crippen molar-refractivity contribution in [1.29, 1.82) is 0 Å². The Morgan fingerprint density at radius 1 is 1.18 bits per heavy atom. The van der Waals surface area contributed by atoms with Gasteiger partial charge in [0.25, 0.3) is 0 Å². The summed E-state index contributed by atoms with van der Waals surface area (Å²) in [5.41, 5.74) is 2.30. The molecule has 0 unspecified atom stereocenters. The largest absolute Gasteiger partial charge is 0.326 e. The molecule has 1 aliphatic heterocycles. The van der Waals surface area contributed by atoms with E-state index in [-0.39, 0.29) is 34.1 Å². The Bertz CT molecular complexity index is 1000. The van der Waals surface area contributed by atoms with Gasteiger partial charge in [-0.3, -0.25) is 9.59 Å². The molecule has 0 saturated heterocycles. The lowest BCUT2D eigenvalue weighted by Gasteiger charge is -2.21. The van der Waals surface area contributed by atoms with E-state index in [0.29, 0.717) is 11.4 Å². The highest BCUT2D eigenvalue weighted by Gasteiger charge is 2.25. The third-order valence-corrected chi connectivity index (χ3v) is 7.38. The number of hydrogen-bond acceptors (Lipinski definition) is 5. The molecule has 1 atom stereocenters. The van der Waals surface area contributed by atoms with Crippen molar-refractivity contribution in [3.8, 4) is 0 Å². The van der Waals surface area contributed by atoms with Gasteiger partial charge in [0.2, 0.25) is 11.8 Å². The lowest BCUT2D eigenvalue weighted by atomic mass is 10.1. The van der Waals surface area contributed by atoms with E-state index in [0.717, 1.165) is 16.9 Å². The summed E-state index contributed by atoms with van der Waals surface area (Å²) in [4.78, 5) is 24.9. The molecule has 2 amide bonds. The summed E-state index contributed by atoms with van der Waals surface area (Å²) in [7, 11) is -3.64. The molecule has 1 heterocycles. The summed E-state index contributed by atoms with van der Waals surface area (Å²) in [5.74, 6) is -0.814. The predicted octanol–water partition coefficient (Wildman–Crippen LogP) is 3.48. The third kappa shape index (κ3) is 4.74. The molecule has 0 aromatic heterocycles. The van der Waals surface area contributed by atoms with Crippen LogP contribution in [-0.4, -0.2) is 31.2 Å². The Balaban J connectivity index is 1.64. The Morgan fingerprint density at radius 2 is 1.89 bits per heavy atom. The molecule has 2 aromatic rings. The molecule has 0 fully saturated rings. The first kappa shape index (κ1) is 20.4. The summed E-state index contributed by atoms with van der Waals surface area (Å²) in [6, 6.07) is 12.1. The minimum Gasteiger partial charge on any atom is -0.326 e.